The van der Waals surface area contributed by atoms with E-state index in [1.807, 2.05) is 43.0 Å². The van der Waals surface area contributed by atoms with Crippen molar-refractivity contribution in [1.29, 1.82) is 0 Å². The van der Waals surface area contributed by atoms with Gasteiger partial charge in [-0.25, -0.2) is 9.97 Å². The number of unbranched alkanes of at least 4 members (excludes halogenated alkanes) is 4. The van der Waals surface area contributed by atoms with Gasteiger partial charge in [0, 0.05) is 22.8 Å². The summed E-state index contributed by atoms with van der Waals surface area (Å²) in [6, 6.07) is 4.41. The molecule has 4 aromatic heterocycles. The molecule has 0 aliphatic rings. The molecule has 1 atom stereocenters. The number of hydrogen-bond donors (Lipinski definition) is 2. The van der Waals surface area contributed by atoms with E-state index in [0.29, 0.717) is 5.92 Å². The molecule has 0 aromatic carbocycles. The molecule has 0 aliphatic carbocycles. The molecular formula is C23H30N6S. The lowest BCUT2D eigenvalue weighted by Gasteiger charge is -2.09. The Morgan fingerprint density at radius 2 is 2.03 bits per heavy atom. The van der Waals surface area contributed by atoms with E-state index in [0.717, 1.165) is 33.4 Å². The number of rotatable bonds is 10. The van der Waals surface area contributed by atoms with Gasteiger partial charge in [-0.1, -0.05) is 46.0 Å². The van der Waals surface area contributed by atoms with Crippen LogP contribution in [0.4, 0.5) is 10.8 Å². The molecule has 4 rings (SSSR count). The molecular weight excluding hydrogens is 392 g/mol. The number of H-pyrrole nitrogens is 1. The molecule has 2 N–H and O–H groups in total. The second-order valence-electron chi connectivity index (χ2n) is 7.99. The van der Waals surface area contributed by atoms with E-state index < -0.39 is 0 Å². The third-order valence-corrected chi connectivity index (χ3v) is 6.73. The maximum Gasteiger partial charge on any atom is 0.180 e. The van der Waals surface area contributed by atoms with Crippen LogP contribution in [0.5, 0.6) is 0 Å². The van der Waals surface area contributed by atoms with Crippen LogP contribution in [-0.2, 0) is 0 Å². The number of nitrogens with zero attached hydrogens (tertiary/aromatic N) is 4. The minimum Gasteiger partial charge on any atom is -0.329 e. The van der Waals surface area contributed by atoms with Crippen LogP contribution >= 0.6 is 11.3 Å². The Balaban J connectivity index is 1.48. The van der Waals surface area contributed by atoms with Crippen molar-refractivity contribution in [3.8, 4) is 11.3 Å². The Kier molecular flexibility index (Phi) is 6.47. The molecule has 6 nitrogen and oxygen atoms in total. The van der Waals surface area contributed by atoms with E-state index in [4.69, 9.17) is 4.98 Å². The summed E-state index contributed by atoms with van der Waals surface area (Å²) in [7, 11) is 0. The smallest absolute Gasteiger partial charge is 0.180 e. The monoisotopic (exact) mass is 422 g/mol. The van der Waals surface area contributed by atoms with Crippen LogP contribution in [0.25, 0.3) is 16.9 Å². The van der Waals surface area contributed by atoms with Crippen LogP contribution in [0.15, 0.2) is 36.9 Å². The van der Waals surface area contributed by atoms with E-state index in [9.17, 15) is 0 Å². The molecule has 30 heavy (non-hydrogen) atoms. The fraction of sp³-hybridized carbons (Fsp3) is 0.435. The molecule has 7 heteroatoms. The summed E-state index contributed by atoms with van der Waals surface area (Å²) in [5, 5.41) is 11.5. The van der Waals surface area contributed by atoms with Crippen LogP contribution in [0.2, 0.25) is 0 Å². The summed E-state index contributed by atoms with van der Waals surface area (Å²) in [5.74, 6) is 1.38. The second-order valence-corrected chi connectivity index (χ2v) is 9.10. The summed E-state index contributed by atoms with van der Waals surface area (Å²) >= 11 is 1.82. The van der Waals surface area contributed by atoms with Gasteiger partial charge < -0.3 is 5.32 Å². The summed E-state index contributed by atoms with van der Waals surface area (Å²) in [4.78, 5) is 10.8. The summed E-state index contributed by atoms with van der Waals surface area (Å²) in [6.07, 6.45) is 15.5. The Hall–Kier alpha value is -2.67. The van der Waals surface area contributed by atoms with Crippen molar-refractivity contribution in [3.05, 3.63) is 47.5 Å². The second kappa shape index (κ2) is 9.43. The third kappa shape index (κ3) is 4.56. The number of aryl methyl sites for hydroxylation is 1. The van der Waals surface area contributed by atoms with Gasteiger partial charge >= 0.3 is 0 Å². The Morgan fingerprint density at radius 3 is 2.83 bits per heavy atom. The van der Waals surface area contributed by atoms with Gasteiger partial charge in [0.25, 0.3) is 0 Å². The molecule has 0 aliphatic heterocycles. The van der Waals surface area contributed by atoms with Gasteiger partial charge in [0.2, 0.25) is 0 Å². The molecule has 0 saturated heterocycles. The summed E-state index contributed by atoms with van der Waals surface area (Å²) in [5.41, 5.74) is 3.75. The number of fused-ring (bicyclic) bond motifs is 1. The fourth-order valence-corrected chi connectivity index (χ4v) is 4.79. The summed E-state index contributed by atoms with van der Waals surface area (Å²) in [6.45, 7) is 6.61. The number of hydrogen-bond acceptors (Lipinski definition) is 5. The number of anilines is 2. The topological polar surface area (TPSA) is 70.9 Å². The van der Waals surface area contributed by atoms with E-state index >= 15 is 0 Å². The fourth-order valence-electron chi connectivity index (χ4n) is 3.80. The molecule has 0 saturated carbocycles. The van der Waals surface area contributed by atoms with Gasteiger partial charge in [-0.15, -0.1) is 11.3 Å². The number of imidazole rings is 1. The van der Waals surface area contributed by atoms with Gasteiger partial charge in [0.1, 0.15) is 0 Å². The highest BCUT2D eigenvalue weighted by atomic mass is 32.1. The highest BCUT2D eigenvalue weighted by molar-refractivity contribution is 7.16. The van der Waals surface area contributed by atoms with Gasteiger partial charge in [-0.05, 0) is 31.4 Å². The predicted molar refractivity (Wildman–Crippen MR) is 125 cm³/mol. The standard InChI is InChI=1S/C23H30N6S/c1-4-5-6-7-8-9-16(2)20-10-11-21(30-20)28-22-23-24-14-19(18-12-25-26-13-18)29(23)15-17(3)27-22/h10-16H,4-9H2,1-3H3,(H,25,26)(H,27,28). The van der Waals surface area contributed by atoms with Crippen LogP contribution in [0.1, 0.15) is 68.9 Å². The van der Waals surface area contributed by atoms with Crippen LogP contribution < -0.4 is 5.32 Å². The first-order valence-corrected chi connectivity index (χ1v) is 11.7. The molecule has 4 aromatic rings. The van der Waals surface area contributed by atoms with Crippen molar-refractivity contribution in [2.75, 3.05) is 5.32 Å². The quantitative estimate of drug-likeness (QED) is 0.279. The van der Waals surface area contributed by atoms with Crippen molar-refractivity contribution in [2.24, 2.45) is 0 Å². The zero-order valence-corrected chi connectivity index (χ0v) is 18.8. The number of aromatic amines is 1. The van der Waals surface area contributed by atoms with Gasteiger partial charge in [0.05, 0.1) is 28.8 Å². The SMILES string of the molecule is CCCCCCCC(C)c1ccc(Nc2nc(C)cn3c(-c4cn[nH]c4)cnc23)s1. The van der Waals surface area contributed by atoms with E-state index in [2.05, 4.69) is 50.9 Å². The Bertz CT molecular complexity index is 1080. The molecule has 1 unspecified atom stereocenters. The average molecular weight is 423 g/mol. The first-order chi connectivity index (χ1) is 14.7. The lowest BCUT2D eigenvalue weighted by molar-refractivity contribution is 0.571. The van der Waals surface area contributed by atoms with Crippen molar-refractivity contribution < 1.29 is 0 Å². The zero-order chi connectivity index (χ0) is 20.9. The average Bonchev–Trinajstić information content (AvgIpc) is 3.48. The lowest BCUT2D eigenvalue weighted by Crippen LogP contribution is -2.00. The highest BCUT2D eigenvalue weighted by Gasteiger charge is 2.14. The van der Waals surface area contributed by atoms with Crippen LogP contribution in [0, 0.1) is 6.92 Å². The Labute approximate surface area is 181 Å². The van der Waals surface area contributed by atoms with Crippen molar-refractivity contribution in [3.63, 3.8) is 0 Å². The highest BCUT2D eigenvalue weighted by Crippen LogP contribution is 2.34. The van der Waals surface area contributed by atoms with Gasteiger partial charge in [-0.3, -0.25) is 9.50 Å². The first kappa shape index (κ1) is 20.6. The predicted octanol–water partition coefficient (Wildman–Crippen LogP) is 6.70. The van der Waals surface area contributed by atoms with Gasteiger partial charge in [-0.2, -0.15) is 5.10 Å². The molecule has 4 heterocycles. The van der Waals surface area contributed by atoms with E-state index in [1.54, 1.807) is 0 Å². The lowest BCUT2D eigenvalue weighted by atomic mass is 10.0. The molecule has 0 spiro atoms. The van der Waals surface area contributed by atoms with Crippen molar-refractivity contribution in [2.45, 2.75) is 65.2 Å². The molecule has 0 radical (unpaired) electrons. The normalized spacial score (nSPS) is 12.5. The van der Waals surface area contributed by atoms with E-state index in [-0.39, 0.29) is 0 Å². The first-order valence-electron chi connectivity index (χ1n) is 10.9. The number of nitrogens with one attached hydrogen (secondary N) is 2. The Morgan fingerprint density at radius 1 is 1.17 bits per heavy atom. The van der Waals surface area contributed by atoms with Crippen LogP contribution in [0.3, 0.4) is 0 Å². The third-order valence-electron chi connectivity index (χ3n) is 5.50. The van der Waals surface area contributed by atoms with Crippen molar-refractivity contribution >= 4 is 27.8 Å². The molecule has 0 amide bonds. The number of aromatic nitrogens is 5. The molecule has 0 bridgehead atoms. The zero-order valence-electron chi connectivity index (χ0n) is 18.0. The largest absolute Gasteiger partial charge is 0.329 e. The minimum absolute atomic E-state index is 0.594. The maximum absolute atomic E-state index is 4.71. The number of thiophene rings is 1. The molecule has 158 valence electrons. The van der Waals surface area contributed by atoms with Crippen molar-refractivity contribution in [1.82, 2.24) is 24.6 Å². The minimum atomic E-state index is 0.594. The van der Waals surface area contributed by atoms with Crippen LogP contribution in [-0.4, -0.2) is 24.6 Å². The van der Waals surface area contributed by atoms with E-state index in [1.165, 1.54) is 43.4 Å². The van der Waals surface area contributed by atoms with Gasteiger partial charge in [0.15, 0.2) is 11.5 Å². The maximum atomic E-state index is 4.71. The summed E-state index contributed by atoms with van der Waals surface area (Å²) < 4.78 is 2.07. The molecule has 0 fully saturated rings.